The van der Waals surface area contributed by atoms with Crippen molar-refractivity contribution < 1.29 is 4.79 Å². The summed E-state index contributed by atoms with van der Waals surface area (Å²) in [5, 5.41) is 0. The van der Waals surface area contributed by atoms with Crippen LogP contribution >= 0.6 is 0 Å². The Morgan fingerprint density at radius 1 is 1.20 bits per heavy atom. The van der Waals surface area contributed by atoms with Gasteiger partial charge in [0, 0.05) is 32.4 Å². The van der Waals surface area contributed by atoms with E-state index < -0.39 is 0 Å². The van der Waals surface area contributed by atoms with Crippen molar-refractivity contribution in [2.24, 2.45) is 23.0 Å². The van der Waals surface area contributed by atoms with Gasteiger partial charge in [0.25, 0.3) is 5.91 Å². The highest BCUT2D eigenvalue weighted by Crippen LogP contribution is 2.34. The van der Waals surface area contributed by atoms with E-state index in [1.54, 1.807) is 18.3 Å². The first-order valence-corrected chi connectivity index (χ1v) is 9.55. The number of amides is 1. The molecule has 0 aromatic carbocycles. The van der Waals surface area contributed by atoms with Crippen molar-refractivity contribution in [1.82, 2.24) is 9.88 Å². The molecule has 0 radical (unpaired) electrons. The van der Waals surface area contributed by atoms with Crippen LogP contribution in [0.3, 0.4) is 0 Å². The largest absolute Gasteiger partial charge is 0.365 e. The molecule has 0 bridgehead atoms. The van der Waals surface area contributed by atoms with Crippen molar-refractivity contribution in [3.63, 3.8) is 0 Å². The van der Waals surface area contributed by atoms with Crippen LogP contribution in [0.5, 0.6) is 0 Å². The first-order chi connectivity index (χ1) is 11.8. The zero-order chi connectivity index (χ0) is 18.0. The monoisotopic (exact) mass is 344 g/mol. The lowest BCUT2D eigenvalue weighted by Crippen LogP contribution is -2.38. The predicted molar refractivity (Wildman–Crippen MR) is 102 cm³/mol. The van der Waals surface area contributed by atoms with E-state index in [2.05, 4.69) is 35.6 Å². The van der Waals surface area contributed by atoms with Gasteiger partial charge < -0.3 is 15.5 Å². The number of carbonyl (C=O) groups excluding carboxylic acids is 1. The fraction of sp³-hybridized carbons (Fsp3) is 0.700. The molecule has 1 aromatic heterocycles. The average Bonchev–Trinajstić information content (AvgIpc) is 3.01. The molecule has 2 aliphatic rings. The Bertz CT molecular complexity index is 602. The van der Waals surface area contributed by atoms with Crippen molar-refractivity contribution in [1.29, 1.82) is 0 Å². The molecule has 25 heavy (non-hydrogen) atoms. The van der Waals surface area contributed by atoms with Crippen molar-refractivity contribution in [3.8, 4) is 0 Å². The van der Waals surface area contributed by atoms with E-state index in [1.807, 2.05) is 0 Å². The van der Waals surface area contributed by atoms with E-state index in [1.165, 1.54) is 38.9 Å². The number of aromatic nitrogens is 1. The Hall–Kier alpha value is -1.62. The molecule has 3 rings (SSSR count). The van der Waals surface area contributed by atoms with Gasteiger partial charge in [-0.2, -0.15) is 0 Å². The minimum atomic E-state index is -0.390. The zero-order valence-corrected chi connectivity index (χ0v) is 15.9. The van der Waals surface area contributed by atoms with E-state index >= 15 is 0 Å². The Kier molecular flexibility index (Phi) is 5.32. The lowest BCUT2D eigenvalue weighted by Gasteiger charge is -2.36. The quantitative estimate of drug-likeness (QED) is 0.912. The summed E-state index contributed by atoms with van der Waals surface area (Å²) in [4.78, 5) is 20.9. The molecule has 2 fully saturated rings. The first kappa shape index (κ1) is 18.2. The summed E-state index contributed by atoms with van der Waals surface area (Å²) < 4.78 is 0. The number of nitrogens with zero attached hydrogens (tertiary/aromatic N) is 3. The number of hydrogen-bond acceptors (Lipinski definition) is 4. The molecule has 0 saturated carbocycles. The Morgan fingerprint density at radius 2 is 1.88 bits per heavy atom. The minimum Gasteiger partial charge on any atom is -0.365 e. The summed E-state index contributed by atoms with van der Waals surface area (Å²) in [5.41, 5.74) is 6.42. The molecule has 2 saturated heterocycles. The molecule has 1 amide bonds. The van der Waals surface area contributed by atoms with E-state index in [4.69, 9.17) is 5.73 Å². The van der Waals surface area contributed by atoms with Crippen LogP contribution in [-0.4, -0.2) is 48.5 Å². The molecule has 2 aliphatic heterocycles. The van der Waals surface area contributed by atoms with Gasteiger partial charge in [0.15, 0.2) is 0 Å². The van der Waals surface area contributed by atoms with Crippen molar-refractivity contribution >= 4 is 11.7 Å². The van der Waals surface area contributed by atoms with Crippen molar-refractivity contribution in [2.75, 3.05) is 37.6 Å². The van der Waals surface area contributed by atoms with Gasteiger partial charge in [-0.15, -0.1) is 0 Å². The van der Waals surface area contributed by atoms with Gasteiger partial charge in [0.05, 0.1) is 5.56 Å². The molecular formula is C20H32N4O. The van der Waals surface area contributed by atoms with Crippen LogP contribution in [0.4, 0.5) is 5.82 Å². The van der Waals surface area contributed by atoms with E-state index in [-0.39, 0.29) is 5.91 Å². The maximum Gasteiger partial charge on any atom is 0.252 e. The van der Waals surface area contributed by atoms with Crippen LogP contribution in [0.15, 0.2) is 18.3 Å². The molecule has 0 spiro atoms. The molecule has 2 N–H and O–H groups in total. The van der Waals surface area contributed by atoms with Crippen LogP contribution in [0.1, 0.15) is 50.4 Å². The second kappa shape index (κ2) is 7.32. The Morgan fingerprint density at radius 3 is 2.52 bits per heavy atom. The molecule has 1 atom stereocenters. The number of likely N-dealkylation sites (tertiary alicyclic amines) is 1. The van der Waals surface area contributed by atoms with Crippen LogP contribution in [-0.2, 0) is 0 Å². The van der Waals surface area contributed by atoms with Gasteiger partial charge in [-0.3, -0.25) is 4.79 Å². The molecule has 0 aliphatic carbocycles. The average molecular weight is 345 g/mol. The molecule has 5 nitrogen and oxygen atoms in total. The second-order valence-corrected chi connectivity index (χ2v) is 8.91. The predicted octanol–water partition coefficient (Wildman–Crippen LogP) is 2.76. The lowest BCUT2D eigenvalue weighted by atomic mass is 9.83. The summed E-state index contributed by atoms with van der Waals surface area (Å²) in [6.45, 7) is 12.6. The van der Waals surface area contributed by atoms with Crippen LogP contribution < -0.4 is 10.6 Å². The minimum absolute atomic E-state index is 0.377. The van der Waals surface area contributed by atoms with Gasteiger partial charge in [0.1, 0.15) is 5.82 Å². The number of pyridine rings is 1. The van der Waals surface area contributed by atoms with Gasteiger partial charge in [0.2, 0.25) is 0 Å². The van der Waals surface area contributed by atoms with Crippen LogP contribution in [0, 0.1) is 17.3 Å². The van der Waals surface area contributed by atoms with E-state index in [9.17, 15) is 4.79 Å². The fourth-order valence-electron chi connectivity index (χ4n) is 4.49. The number of rotatable bonds is 4. The molecule has 5 heteroatoms. The highest BCUT2D eigenvalue weighted by molar-refractivity contribution is 5.97. The molecular weight excluding hydrogens is 312 g/mol. The topological polar surface area (TPSA) is 62.5 Å². The number of piperidine rings is 1. The van der Waals surface area contributed by atoms with Gasteiger partial charge in [-0.25, -0.2) is 4.98 Å². The maximum atomic E-state index is 11.6. The highest BCUT2D eigenvalue weighted by Gasteiger charge is 2.33. The van der Waals surface area contributed by atoms with E-state index in [0.29, 0.717) is 11.0 Å². The summed E-state index contributed by atoms with van der Waals surface area (Å²) in [5.74, 6) is 1.99. The first-order valence-electron chi connectivity index (χ1n) is 9.55. The number of anilines is 1. The summed E-state index contributed by atoms with van der Waals surface area (Å²) >= 11 is 0. The fourth-order valence-corrected chi connectivity index (χ4v) is 4.49. The third kappa shape index (κ3) is 4.51. The van der Waals surface area contributed by atoms with Crippen molar-refractivity contribution in [3.05, 3.63) is 23.9 Å². The number of primary amides is 1. The third-order valence-electron chi connectivity index (χ3n) is 5.56. The van der Waals surface area contributed by atoms with Gasteiger partial charge in [-0.1, -0.05) is 20.8 Å². The highest BCUT2D eigenvalue weighted by atomic mass is 16.1. The van der Waals surface area contributed by atoms with Crippen LogP contribution in [0.2, 0.25) is 0 Å². The van der Waals surface area contributed by atoms with E-state index in [0.717, 1.165) is 30.7 Å². The summed E-state index contributed by atoms with van der Waals surface area (Å²) in [6, 6.07) is 3.55. The van der Waals surface area contributed by atoms with Gasteiger partial charge in [-0.05, 0) is 55.2 Å². The van der Waals surface area contributed by atoms with Gasteiger partial charge >= 0.3 is 0 Å². The molecule has 138 valence electrons. The zero-order valence-electron chi connectivity index (χ0n) is 15.9. The maximum absolute atomic E-state index is 11.6. The number of hydrogen-bond donors (Lipinski definition) is 1. The normalized spacial score (nSPS) is 23.2. The third-order valence-corrected chi connectivity index (χ3v) is 5.56. The second-order valence-electron chi connectivity index (χ2n) is 8.91. The number of nitrogens with two attached hydrogens (primary N) is 1. The lowest BCUT2D eigenvalue weighted by molar-refractivity contribution is 0.1000. The molecule has 1 aromatic rings. The summed E-state index contributed by atoms with van der Waals surface area (Å²) in [6.07, 6.45) is 5.44. The Labute approximate surface area is 151 Å². The Balaban J connectivity index is 1.56. The van der Waals surface area contributed by atoms with Crippen molar-refractivity contribution in [2.45, 2.75) is 40.0 Å². The smallest absolute Gasteiger partial charge is 0.252 e. The summed E-state index contributed by atoms with van der Waals surface area (Å²) in [7, 11) is 0. The molecule has 0 unspecified atom stereocenters. The molecule has 3 heterocycles. The number of carbonyl (C=O) groups is 1. The van der Waals surface area contributed by atoms with Crippen LogP contribution in [0.25, 0.3) is 0 Å². The standard InChI is InChI=1S/C20H32N4O/c1-20(2,3)14-23-10-6-16(13-23)15-7-11-24(12-8-15)19-17(18(21)25)5-4-9-22-19/h4-5,9,15-16H,6-8,10-14H2,1-3H3,(H2,21,25)/t16-/m1/s1. The SMILES string of the molecule is CC(C)(C)CN1CC[C@@H](C2CCN(c3ncccc3C(N)=O)CC2)C1.